The molecule has 1 aromatic carbocycles. The van der Waals surface area contributed by atoms with Gasteiger partial charge in [0, 0.05) is 11.3 Å². The van der Waals surface area contributed by atoms with Gasteiger partial charge in [0.2, 0.25) is 0 Å². The Morgan fingerprint density at radius 1 is 1.27 bits per heavy atom. The van der Waals surface area contributed by atoms with E-state index in [1.807, 2.05) is 37.3 Å². The van der Waals surface area contributed by atoms with Crippen LogP contribution in [-0.4, -0.2) is 10.2 Å². The Morgan fingerprint density at radius 2 is 1.93 bits per heavy atom. The lowest BCUT2D eigenvalue weighted by Gasteiger charge is -2.10. The third-order valence-corrected chi connectivity index (χ3v) is 2.36. The van der Waals surface area contributed by atoms with Crippen molar-refractivity contribution >= 4 is 12.4 Å². The second-order valence-electron chi connectivity index (χ2n) is 3.34. The normalized spacial score (nSPS) is 11.9. The maximum atomic E-state index is 6.10. The summed E-state index contributed by atoms with van der Waals surface area (Å²) in [5.74, 6) is 0. The van der Waals surface area contributed by atoms with E-state index in [2.05, 4.69) is 10.2 Å². The summed E-state index contributed by atoms with van der Waals surface area (Å²) in [6, 6.07) is 9.93. The number of rotatable bonds is 2. The molecule has 0 bridgehead atoms. The first kappa shape index (κ1) is 11.8. The third kappa shape index (κ3) is 2.37. The number of nitrogens with two attached hydrogens (primary N) is 1. The van der Waals surface area contributed by atoms with Crippen LogP contribution < -0.4 is 5.73 Å². The molecular formula is C11H14ClN3. The number of nitrogens with one attached hydrogen (secondary N) is 1. The van der Waals surface area contributed by atoms with Gasteiger partial charge >= 0.3 is 0 Å². The van der Waals surface area contributed by atoms with E-state index in [0.717, 1.165) is 16.8 Å². The van der Waals surface area contributed by atoms with Crippen molar-refractivity contribution in [3.63, 3.8) is 0 Å². The minimum atomic E-state index is -0.0880. The van der Waals surface area contributed by atoms with Crippen LogP contribution in [0.3, 0.4) is 0 Å². The number of aryl methyl sites for hydroxylation is 1. The Hall–Kier alpha value is -1.32. The molecule has 3 N–H and O–H groups in total. The molecule has 2 aromatic rings. The molecule has 1 heterocycles. The fourth-order valence-electron chi connectivity index (χ4n) is 1.51. The average molecular weight is 224 g/mol. The smallest absolute Gasteiger partial charge is 0.0585 e. The van der Waals surface area contributed by atoms with Crippen molar-refractivity contribution in [3.8, 4) is 0 Å². The summed E-state index contributed by atoms with van der Waals surface area (Å²) in [7, 11) is 0. The number of hydrogen-bond donors (Lipinski definition) is 2. The zero-order valence-corrected chi connectivity index (χ0v) is 9.29. The molecule has 0 radical (unpaired) electrons. The molecule has 0 fully saturated rings. The Bertz CT molecular complexity index is 411. The van der Waals surface area contributed by atoms with Gasteiger partial charge in [-0.15, -0.1) is 12.4 Å². The molecular weight excluding hydrogens is 210 g/mol. The van der Waals surface area contributed by atoms with Crippen molar-refractivity contribution in [2.24, 2.45) is 5.73 Å². The number of hydrogen-bond acceptors (Lipinski definition) is 2. The first-order valence-electron chi connectivity index (χ1n) is 4.59. The summed E-state index contributed by atoms with van der Waals surface area (Å²) in [4.78, 5) is 0. The van der Waals surface area contributed by atoms with Crippen LogP contribution >= 0.6 is 12.4 Å². The number of aromatic nitrogens is 2. The summed E-state index contributed by atoms with van der Waals surface area (Å²) in [5.41, 5.74) is 9.29. The molecule has 0 spiro atoms. The topological polar surface area (TPSA) is 54.7 Å². The summed E-state index contributed by atoms with van der Waals surface area (Å²) < 4.78 is 0. The lowest BCUT2D eigenvalue weighted by molar-refractivity contribution is 0.862. The van der Waals surface area contributed by atoms with Gasteiger partial charge in [0.25, 0.3) is 0 Å². The monoisotopic (exact) mass is 223 g/mol. The highest BCUT2D eigenvalue weighted by Gasteiger charge is 2.11. The van der Waals surface area contributed by atoms with Crippen molar-refractivity contribution < 1.29 is 0 Å². The van der Waals surface area contributed by atoms with Crippen LogP contribution in [0.4, 0.5) is 0 Å². The highest BCUT2D eigenvalue weighted by Crippen LogP contribution is 2.20. The lowest BCUT2D eigenvalue weighted by atomic mass is 10.0. The number of aromatic amines is 1. The fourth-order valence-corrected chi connectivity index (χ4v) is 1.51. The second-order valence-corrected chi connectivity index (χ2v) is 3.34. The van der Waals surface area contributed by atoms with Gasteiger partial charge in [0.05, 0.1) is 12.2 Å². The van der Waals surface area contributed by atoms with E-state index >= 15 is 0 Å². The number of benzene rings is 1. The largest absolute Gasteiger partial charge is 0.320 e. The molecule has 1 atom stereocenters. The van der Waals surface area contributed by atoms with Gasteiger partial charge in [-0.05, 0) is 12.5 Å². The third-order valence-electron chi connectivity index (χ3n) is 2.36. The Labute approximate surface area is 95.1 Å². The molecule has 0 aliphatic rings. The molecule has 0 saturated carbocycles. The minimum absolute atomic E-state index is 0. The van der Waals surface area contributed by atoms with Gasteiger partial charge in [0.1, 0.15) is 0 Å². The van der Waals surface area contributed by atoms with E-state index in [1.165, 1.54) is 0 Å². The van der Waals surface area contributed by atoms with E-state index < -0.39 is 0 Å². The van der Waals surface area contributed by atoms with Gasteiger partial charge in [0.15, 0.2) is 0 Å². The Balaban J connectivity index is 0.00000112. The van der Waals surface area contributed by atoms with Crippen LogP contribution in [0.25, 0.3) is 0 Å². The van der Waals surface area contributed by atoms with Crippen LogP contribution in [0, 0.1) is 6.92 Å². The van der Waals surface area contributed by atoms with Gasteiger partial charge < -0.3 is 5.73 Å². The van der Waals surface area contributed by atoms with Crippen molar-refractivity contribution in [2.45, 2.75) is 13.0 Å². The molecule has 0 amide bonds. The van der Waals surface area contributed by atoms with Gasteiger partial charge in [-0.1, -0.05) is 30.3 Å². The summed E-state index contributed by atoms with van der Waals surface area (Å²) >= 11 is 0. The van der Waals surface area contributed by atoms with E-state index in [-0.39, 0.29) is 18.4 Å². The summed E-state index contributed by atoms with van der Waals surface area (Å²) in [6.07, 6.45) is 1.78. The van der Waals surface area contributed by atoms with Crippen LogP contribution in [0.2, 0.25) is 0 Å². The maximum Gasteiger partial charge on any atom is 0.0585 e. The molecule has 80 valence electrons. The van der Waals surface area contributed by atoms with Crippen molar-refractivity contribution in [1.82, 2.24) is 10.2 Å². The van der Waals surface area contributed by atoms with E-state index in [0.29, 0.717) is 0 Å². The molecule has 2 rings (SSSR count). The van der Waals surface area contributed by atoms with E-state index in [4.69, 9.17) is 5.73 Å². The standard InChI is InChI=1S/C11H13N3.ClH/c1-8-10(7-13-14-8)11(12)9-5-3-2-4-6-9;/h2-7,11H,12H2,1H3,(H,13,14);1H. The van der Waals surface area contributed by atoms with Crippen LogP contribution in [0.15, 0.2) is 36.5 Å². The van der Waals surface area contributed by atoms with Crippen LogP contribution in [0.5, 0.6) is 0 Å². The number of nitrogens with zero attached hydrogens (tertiary/aromatic N) is 1. The molecule has 1 unspecified atom stereocenters. The Morgan fingerprint density at radius 3 is 2.47 bits per heavy atom. The molecule has 15 heavy (non-hydrogen) atoms. The number of H-pyrrole nitrogens is 1. The first-order chi connectivity index (χ1) is 6.79. The van der Waals surface area contributed by atoms with Gasteiger partial charge in [-0.3, -0.25) is 5.10 Å². The molecule has 1 aromatic heterocycles. The Kier molecular flexibility index (Phi) is 3.88. The van der Waals surface area contributed by atoms with Gasteiger partial charge in [-0.25, -0.2) is 0 Å². The van der Waals surface area contributed by atoms with E-state index in [9.17, 15) is 0 Å². The highest BCUT2D eigenvalue weighted by atomic mass is 35.5. The first-order valence-corrected chi connectivity index (χ1v) is 4.59. The van der Waals surface area contributed by atoms with E-state index in [1.54, 1.807) is 6.20 Å². The minimum Gasteiger partial charge on any atom is -0.320 e. The average Bonchev–Trinajstić information content (AvgIpc) is 2.65. The fraction of sp³-hybridized carbons (Fsp3) is 0.182. The maximum absolute atomic E-state index is 6.10. The van der Waals surface area contributed by atoms with Crippen molar-refractivity contribution in [3.05, 3.63) is 53.3 Å². The molecule has 4 heteroatoms. The second kappa shape index (κ2) is 4.96. The number of halogens is 1. The predicted octanol–water partition coefficient (Wildman–Crippen LogP) is 2.19. The SMILES string of the molecule is Cc1[nH]ncc1C(N)c1ccccc1.Cl. The highest BCUT2D eigenvalue weighted by molar-refractivity contribution is 5.85. The molecule has 0 saturated heterocycles. The van der Waals surface area contributed by atoms with Crippen molar-refractivity contribution in [1.29, 1.82) is 0 Å². The van der Waals surface area contributed by atoms with Gasteiger partial charge in [-0.2, -0.15) is 5.10 Å². The summed E-state index contributed by atoms with van der Waals surface area (Å²) in [5, 5.41) is 6.85. The lowest BCUT2D eigenvalue weighted by Crippen LogP contribution is -2.11. The van der Waals surface area contributed by atoms with Crippen LogP contribution in [0.1, 0.15) is 22.9 Å². The zero-order chi connectivity index (χ0) is 9.97. The quantitative estimate of drug-likeness (QED) is 0.820. The molecule has 0 aliphatic carbocycles. The summed E-state index contributed by atoms with van der Waals surface area (Å²) in [6.45, 7) is 1.98. The van der Waals surface area contributed by atoms with Crippen LogP contribution in [-0.2, 0) is 0 Å². The molecule has 3 nitrogen and oxygen atoms in total. The van der Waals surface area contributed by atoms with Crippen molar-refractivity contribution in [2.75, 3.05) is 0 Å². The molecule has 0 aliphatic heterocycles. The predicted molar refractivity (Wildman–Crippen MR) is 63.0 cm³/mol. The zero-order valence-electron chi connectivity index (χ0n) is 8.47.